The second-order valence-electron chi connectivity index (χ2n) is 13.3. The molecule has 4 heteroatoms. The lowest BCUT2D eigenvalue weighted by Crippen LogP contribution is -2.44. The van der Waals surface area contributed by atoms with Gasteiger partial charge in [-0.1, -0.05) is 73.6 Å². The highest BCUT2D eigenvalue weighted by Gasteiger charge is 2.45. The molecule has 216 valence electrons. The Kier molecular flexibility index (Phi) is 10.0. The summed E-state index contributed by atoms with van der Waals surface area (Å²) in [6.45, 7) is 24.1. The quantitative estimate of drug-likeness (QED) is 0.174. The highest BCUT2D eigenvalue weighted by Crippen LogP contribution is 2.55. The van der Waals surface area contributed by atoms with Gasteiger partial charge in [0.05, 0.1) is 0 Å². The lowest BCUT2D eigenvalue weighted by Gasteiger charge is -2.52. The summed E-state index contributed by atoms with van der Waals surface area (Å²) in [5.41, 5.74) is 5.66. The molecule has 0 spiro atoms. The van der Waals surface area contributed by atoms with Crippen LogP contribution in [0.15, 0.2) is 70.4 Å². The van der Waals surface area contributed by atoms with Crippen LogP contribution in [0.3, 0.4) is 0 Å². The largest absolute Gasteiger partial charge is 0.462 e. The number of ether oxygens (including phenoxy) is 1. The predicted octanol–water partition coefficient (Wildman–Crippen LogP) is 9.68. The Morgan fingerprint density at radius 2 is 1.77 bits per heavy atom. The first kappa shape index (κ1) is 31.5. The van der Waals surface area contributed by atoms with Crippen molar-refractivity contribution in [1.29, 1.82) is 10.5 Å². The maximum absolute atomic E-state index is 9.41. The van der Waals surface area contributed by atoms with Crippen LogP contribution in [0.25, 0.3) is 0 Å². The van der Waals surface area contributed by atoms with Crippen LogP contribution >= 0.6 is 0 Å². The second kappa shape index (κ2) is 12.7. The first-order valence-electron chi connectivity index (χ1n) is 15.4. The molecule has 0 aromatic rings. The molecule has 0 amide bonds. The number of hydrogen-bond donors (Lipinski definition) is 0. The second-order valence-corrected chi connectivity index (χ2v) is 13.3. The molecule has 0 aromatic heterocycles. The summed E-state index contributed by atoms with van der Waals surface area (Å²) in [4.78, 5) is 2.72. The van der Waals surface area contributed by atoms with Gasteiger partial charge in [-0.15, -0.1) is 0 Å². The summed E-state index contributed by atoms with van der Waals surface area (Å²) in [5, 5.41) is 18.8. The van der Waals surface area contributed by atoms with E-state index in [4.69, 9.17) is 4.74 Å². The van der Waals surface area contributed by atoms with Gasteiger partial charge < -0.3 is 9.64 Å². The molecular formula is C36H51N3O. The molecule has 1 saturated heterocycles. The summed E-state index contributed by atoms with van der Waals surface area (Å²) < 4.78 is 6.27. The van der Waals surface area contributed by atoms with E-state index in [9.17, 15) is 10.5 Å². The molecule has 2 heterocycles. The third kappa shape index (κ3) is 6.49. The lowest BCUT2D eigenvalue weighted by molar-refractivity contribution is 0.174. The van der Waals surface area contributed by atoms with Crippen LogP contribution in [0, 0.1) is 44.8 Å². The number of piperidine rings is 1. The van der Waals surface area contributed by atoms with E-state index >= 15 is 0 Å². The first-order valence-corrected chi connectivity index (χ1v) is 15.4. The highest BCUT2D eigenvalue weighted by atomic mass is 16.5. The molecule has 40 heavy (non-hydrogen) atoms. The van der Waals surface area contributed by atoms with Crippen molar-refractivity contribution in [1.82, 2.24) is 4.90 Å². The minimum Gasteiger partial charge on any atom is -0.462 e. The first-order chi connectivity index (χ1) is 18.9. The SMILES string of the molecule is C=C(OC(=C\C(C)=C(C#N)C#N)/C=C/C1C=C2C3=C(C1)C(CC)(CC)CCCCN3CCC2(C)CC)C(C)(C)C. The summed E-state index contributed by atoms with van der Waals surface area (Å²) in [5.74, 6) is 1.51. The van der Waals surface area contributed by atoms with Crippen LogP contribution in [0.5, 0.6) is 0 Å². The summed E-state index contributed by atoms with van der Waals surface area (Å²) in [7, 11) is 0. The third-order valence-corrected chi connectivity index (χ3v) is 9.93. The van der Waals surface area contributed by atoms with E-state index in [-0.39, 0.29) is 27.7 Å². The van der Waals surface area contributed by atoms with E-state index in [2.05, 4.69) is 72.1 Å². The zero-order chi connectivity index (χ0) is 29.7. The minimum atomic E-state index is -0.237. The van der Waals surface area contributed by atoms with Gasteiger partial charge in [-0.25, -0.2) is 0 Å². The monoisotopic (exact) mass is 541 g/mol. The smallest absolute Gasteiger partial charge is 0.132 e. The molecule has 0 radical (unpaired) electrons. The van der Waals surface area contributed by atoms with Crippen molar-refractivity contribution in [2.24, 2.45) is 22.2 Å². The molecular weight excluding hydrogens is 490 g/mol. The Morgan fingerprint density at radius 1 is 1.10 bits per heavy atom. The average Bonchev–Trinajstić information content (AvgIpc) is 2.92. The predicted molar refractivity (Wildman–Crippen MR) is 165 cm³/mol. The maximum atomic E-state index is 9.41. The van der Waals surface area contributed by atoms with Crippen LogP contribution in [0.4, 0.5) is 0 Å². The van der Waals surface area contributed by atoms with Crippen LogP contribution in [-0.4, -0.2) is 18.0 Å². The van der Waals surface area contributed by atoms with Gasteiger partial charge in [-0.2, -0.15) is 10.5 Å². The van der Waals surface area contributed by atoms with E-state index in [1.807, 2.05) is 18.2 Å². The molecule has 1 fully saturated rings. The van der Waals surface area contributed by atoms with E-state index in [1.165, 1.54) is 45.1 Å². The topological polar surface area (TPSA) is 60.0 Å². The fourth-order valence-corrected chi connectivity index (χ4v) is 6.56. The molecule has 4 nitrogen and oxygen atoms in total. The number of rotatable bonds is 8. The molecule has 1 aliphatic carbocycles. The Balaban J connectivity index is 2.13. The van der Waals surface area contributed by atoms with E-state index < -0.39 is 0 Å². The number of nitrogens with zero attached hydrogens (tertiary/aromatic N) is 3. The molecule has 0 aromatic carbocycles. The average molecular weight is 542 g/mol. The molecule has 3 rings (SSSR count). The summed E-state index contributed by atoms with van der Waals surface area (Å²) in [6.07, 6.45) is 18.2. The number of nitriles is 2. The fraction of sp³-hybridized carbons (Fsp3) is 0.611. The minimum absolute atomic E-state index is 0.0941. The van der Waals surface area contributed by atoms with Crippen molar-refractivity contribution in [3.05, 3.63) is 70.4 Å². The van der Waals surface area contributed by atoms with Crippen LogP contribution in [-0.2, 0) is 4.74 Å². The standard InChI is InChI=1S/C36H51N3O/c1-10-35(9)18-20-39-19-14-13-17-36(11-2,12-3)32-23-28(22-31(35)33(32)39)15-16-30(40-27(5)34(6,7)8)21-26(4)29(24-37)25-38/h15-16,21-22,28H,5,10-14,17-20,23H2,1-4,6-9H3/b16-15+,30-21-. The molecule has 2 aliphatic heterocycles. The van der Waals surface area contributed by atoms with Gasteiger partial charge in [-0.3, -0.25) is 0 Å². The summed E-state index contributed by atoms with van der Waals surface area (Å²) >= 11 is 0. The molecule has 2 atom stereocenters. The van der Waals surface area contributed by atoms with Gasteiger partial charge in [-0.05, 0) is 97.5 Å². The Morgan fingerprint density at radius 3 is 2.35 bits per heavy atom. The van der Waals surface area contributed by atoms with Gasteiger partial charge in [0.1, 0.15) is 29.2 Å². The van der Waals surface area contributed by atoms with Crippen molar-refractivity contribution in [3.8, 4) is 12.1 Å². The number of allylic oxidation sites excluding steroid dienone is 9. The normalized spacial score (nSPS) is 24.8. The third-order valence-electron chi connectivity index (χ3n) is 9.93. The van der Waals surface area contributed by atoms with Crippen LogP contribution in [0.2, 0.25) is 0 Å². The zero-order valence-corrected chi connectivity index (χ0v) is 26.4. The highest BCUT2D eigenvalue weighted by molar-refractivity contribution is 5.48. The molecule has 0 N–H and O–H groups in total. The number of hydrogen-bond acceptors (Lipinski definition) is 4. The van der Waals surface area contributed by atoms with E-state index in [1.54, 1.807) is 29.8 Å². The maximum Gasteiger partial charge on any atom is 0.132 e. The summed E-state index contributed by atoms with van der Waals surface area (Å²) in [6, 6.07) is 4.00. The van der Waals surface area contributed by atoms with Crippen molar-refractivity contribution in [3.63, 3.8) is 0 Å². The Hall–Kier alpha value is -2.98. The van der Waals surface area contributed by atoms with Crippen molar-refractivity contribution >= 4 is 0 Å². The molecule has 2 unspecified atom stereocenters. The zero-order valence-electron chi connectivity index (χ0n) is 26.4. The van der Waals surface area contributed by atoms with Gasteiger partial charge in [0.25, 0.3) is 0 Å². The van der Waals surface area contributed by atoms with Gasteiger partial charge in [0.15, 0.2) is 0 Å². The van der Waals surface area contributed by atoms with E-state index in [0.29, 0.717) is 17.1 Å². The molecule has 0 bridgehead atoms. The lowest BCUT2D eigenvalue weighted by atomic mass is 9.61. The van der Waals surface area contributed by atoms with Crippen LogP contribution < -0.4 is 0 Å². The van der Waals surface area contributed by atoms with Crippen molar-refractivity contribution in [2.45, 2.75) is 107 Å². The fourth-order valence-electron chi connectivity index (χ4n) is 6.56. The van der Waals surface area contributed by atoms with Crippen LogP contribution in [0.1, 0.15) is 107 Å². The Labute approximate surface area is 244 Å². The van der Waals surface area contributed by atoms with E-state index in [0.717, 1.165) is 19.4 Å². The van der Waals surface area contributed by atoms with Gasteiger partial charge in [0.2, 0.25) is 0 Å². The van der Waals surface area contributed by atoms with Gasteiger partial charge in [0, 0.05) is 24.2 Å². The van der Waals surface area contributed by atoms with Crippen molar-refractivity contribution < 1.29 is 4.74 Å². The van der Waals surface area contributed by atoms with Gasteiger partial charge >= 0.3 is 0 Å². The van der Waals surface area contributed by atoms with Crippen molar-refractivity contribution in [2.75, 3.05) is 13.1 Å². The molecule has 3 aliphatic rings. The molecule has 0 saturated carbocycles. The Bertz CT molecular complexity index is 1200.